The monoisotopic (exact) mass is 403 g/mol. The molecule has 0 radical (unpaired) electrons. The van der Waals surface area contributed by atoms with Crippen LogP contribution in [0.1, 0.15) is 18.9 Å². The minimum absolute atomic E-state index is 0.00791. The van der Waals surface area contributed by atoms with Gasteiger partial charge in [0, 0.05) is 13.0 Å². The Morgan fingerprint density at radius 1 is 1.29 bits per heavy atom. The molecule has 3 rings (SSSR count). The molecule has 2 aromatic carbocycles. The van der Waals surface area contributed by atoms with E-state index in [9.17, 15) is 14.0 Å². The van der Waals surface area contributed by atoms with Crippen molar-refractivity contribution in [3.63, 3.8) is 0 Å². The van der Waals surface area contributed by atoms with Crippen LogP contribution in [0.4, 0.5) is 10.1 Å². The quantitative estimate of drug-likeness (QED) is 0.751. The minimum atomic E-state index is -0.697. The van der Waals surface area contributed by atoms with Gasteiger partial charge < -0.3 is 10.1 Å². The van der Waals surface area contributed by atoms with Crippen LogP contribution in [0.3, 0.4) is 0 Å². The first-order valence-corrected chi connectivity index (χ1v) is 9.18. The van der Waals surface area contributed by atoms with E-state index in [1.54, 1.807) is 25.1 Å². The molecule has 6 nitrogen and oxygen atoms in total. The summed E-state index contributed by atoms with van der Waals surface area (Å²) in [6, 6.07) is 12.7. The summed E-state index contributed by atoms with van der Waals surface area (Å²) >= 11 is 5.78. The average molecular weight is 404 g/mol. The van der Waals surface area contributed by atoms with Crippen LogP contribution >= 0.6 is 11.6 Å². The fourth-order valence-electron chi connectivity index (χ4n) is 2.83. The Hall–Kier alpha value is -2.93. The van der Waals surface area contributed by atoms with E-state index in [0.717, 1.165) is 0 Å². The number of anilines is 1. The molecule has 1 N–H and O–H groups in total. The lowest BCUT2D eigenvalue weighted by molar-refractivity contribution is -0.135. The van der Waals surface area contributed by atoms with Crippen LogP contribution in [-0.4, -0.2) is 30.2 Å². The molecule has 0 bridgehead atoms. The van der Waals surface area contributed by atoms with E-state index in [0.29, 0.717) is 11.3 Å². The number of nitrogens with one attached hydrogen (secondary N) is 1. The van der Waals surface area contributed by atoms with Gasteiger partial charge in [-0.2, -0.15) is 5.10 Å². The number of para-hydroxylation sites is 1. The highest BCUT2D eigenvalue weighted by atomic mass is 35.5. The third kappa shape index (κ3) is 4.48. The van der Waals surface area contributed by atoms with Crippen molar-refractivity contribution in [3.8, 4) is 0 Å². The summed E-state index contributed by atoms with van der Waals surface area (Å²) in [6.07, 6.45) is 0.129. The van der Waals surface area contributed by atoms with Gasteiger partial charge in [0.15, 0.2) is 0 Å². The van der Waals surface area contributed by atoms with Crippen molar-refractivity contribution in [2.75, 3.05) is 11.6 Å². The first kappa shape index (κ1) is 19.8. The first-order chi connectivity index (χ1) is 13.5. The zero-order valence-corrected chi connectivity index (χ0v) is 15.9. The Balaban J connectivity index is 1.75. The fourth-order valence-corrected chi connectivity index (χ4v) is 3.03. The van der Waals surface area contributed by atoms with Crippen LogP contribution in [0.2, 0.25) is 5.02 Å². The van der Waals surface area contributed by atoms with Crippen molar-refractivity contribution in [2.24, 2.45) is 5.10 Å². The molecule has 146 valence electrons. The normalized spacial score (nSPS) is 15.9. The average Bonchev–Trinajstić information content (AvgIpc) is 3.15. The van der Waals surface area contributed by atoms with Crippen molar-refractivity contribution < 1.29 is 18.7 Å². The molecule has 2 aromatic rings. The number of carbonyl (C=O) groups excluding carboxylic acids is 2. The number of ether oxygens (including phenoxy) is 1. The maximum absolute atomic E-state index is 13.3. The predicted octanol–water partition coefficient (Wildman–Crippen LogP) is 3.29. The summed E-state index contributed by atoms with van der Waals surface area (Å²) in [6.45, 7) is 2.11. The zero-order valence-electron chi connectivity index (χ0n) is 15.2. The molecule has 1 unspecified atom stereocenters. The SMILES string of the molecule is CCOC(=O)C1=NN(c2ccccc2)C(C(=O)NCc2ccc(F)c(Cl)c2)C1. The highest BCUT2D eigenvalue weighted by Crippen LogP contribution is 2.25. The van der Waals surface area contributed by atoms with Crippen LogP contribution in [0.5, 0.6) is 0 Å². The smallest absolute Gasteiger partial charge is 0.354 e. The molecule has 1 atom stereocenters. The van der Waals surface area contributed by atoms with Crippen molar-refractivity contribution in [2.45, 2.75) is 25.9 Å². The van der Waals surface area contributed by atoms with Crippen LogP contribution < -0.4 is 10.3 Å². The van der Waals surface area contributed by atoms with E-state index in [1.165, 1.54) is 17.1 Å². The van der Waals surface area contributed by atoms with Crippen molar-refractivity contribution >= 4 is 34.9 Å². The summed E-state index contributed by atoms with van der Waals surface area (Å²) < 4.78 is 18.3. The molecule has 0 saturated heterocycles. The summed E-state index contributed by atoms with van der Waals surface area (Å²) in [7, 11) is 0. The summed E-state index contributed by atoms with van der Waals surface area (Å²) in [5, 5.41) is 8.60. The second-order valence-electron chi connectivity index (χ2n) is 6.13. The van der Waals surface area contributed by atoms with Gasteiger partial charge in [0.1, 0.15) is 17.6 Å². The van der Waals surface area contributed by atoms with Crippen molar-refractivity contribution in [1.29, 1.82) is 0 Å². The van der Waals surface area contributed by atoms with Crippen LogP contribution in [-0.2, 0) is 20.9 Å². The number of halogens is 2. The van der Waals surface area contributed by atoms with Gasteiger partial charge in [-0.25, -0.2) is 9.18 Å². The van der Waals surface area contributed by atoms with Gasteiger partial charge in [-0.05, 0) is 36.8 Å². The van der Waals surface area contributed by atoms with Gasteiger partial charge in [0.2, 0.25) is 5.91 Å². The third-order valence-electron chi connectivity index (χ3n) is 4.20. The van der Waals surface area contributed by atoms with Gasteiger partial charge >= 0.3 is 5.97 Å². The lowest BCUT2D eigenvalue weighted by Crippen LogP contribution is -2.42. The maximum atomic E-state index is 13.3. The fraction of sp³-hybridized carbons (Fsp3) is 0.250. The Morgan fingerprint density at radius 3 is 2.71 bits per heavy atom. The van der Waals surface area contributed by atoms with Gasteiger partial charge in [-0.15, -0.1) is 0 Å². The van der Waals surface area contributed by atoms with Crippen molar-refractivity contribution in [3.05, 3.63) is 64.9 Å². The number of hydrazone groups is 1. The number of rotatable bonds is 6. The molecule has 0 saturated carbocycles. The topological polar surface area (TPSA) is 71.0 Å². The van der Waals surface area contributed by atoms with Crippen LogP contribution in [0, 0.1) is 5.82 Å². The molecule has 0 aliphatic carbocycles. The molecular weight excluding hydrogens is 385 g/mol. The molecular formula is C20H19ClFN3O3. The molecule has 0 fully saturated rings. The maximum Gasteiger partial charge on any atom is 0.354 e. The second kappa shape index (κ2) is 8.84. The van der Waals surface area contributed by atoms with E-state index in [1.807, 2.05) is 18.2 Å². The Labute approximate surface area is 166 Å². The Kier molecular flexibility index (Phi) is 6.26. The molecule has 0 spiro atoms. The first-order valence-electron chi connectivity index (χ1n) is 8.80. The minimum Gasteiger partial charge on any atom is -0.461 e. The summed E-state index contributed by atoms with van der Waals surface area (Å²) in [5.41, 5.74) is 1.54. The van der Waals surface area contributed by atoms with Gasteiger partial charge in [-0.3, -0.25) is 9.80 Å². The summed E-state index contributed by atoms with van der Waals surface area (Å²) in [4.78, 5) is 24.9. The molecule has 8 heteroatoms. The Morgan fingerprint density at radius 2 is 2.04 bits per heavy atom. The Bertz CT molecular complexity index is 905. The molecule has 0 aromatic heterocycles. The predicted molar refractivity (Wildman–Crippen MR) is 105 cm³/mol. The number of nitrogens with zero attached hydrogens (tertiary/aromatic N) is 2. The standard InChI is InChI=1S/C20H19ClFN3O3/c1-2-28-20(27)17-11-18(25(24-17)14-6-4-3-5-7-14)19(26)23-12-13-8-9-16(22)15(21)10-13/h3-10,18H,2,11-12H2,1H3,(H,23,26). The zero-order chi connectivity index (χ0) is 20.1. The van der Waals surface area contributed by atoms with E-state index in [4.69, 9.17) is 16.3 Å². The highest BCUT2D eigenvalue weighted by Gasteiger charge is 2.36. The molecule has 1 aliphatic rings. The molecule has 1 amide bonds. The lowest BCUT2D eigenvalue weighted by Gasteiger charge is -2.22. The number of hydrogen-bond acceptors (Lipinski definition) is 5. The second-order valence-corrected chi connectivity index (χ2v) is 6.54. The molecule has 1 heterocycles. The highest BCUT2D eigenvalue weighted by molar-refractivity contribution is 6.38. The molecule has 28 heavy (non-hydrogen) atoms. The van der Waals surface area contributed by atoms with E-state index >= 15 is 0 Å². The van der Waals surface area contributed by atoms with Crippen molar-refractivity contribution in [1.82, 2.24) is 5.32 Å². The largest absolute Gasteiger partial charge is 0.461 e. The number of esters is 1. The number of carbonyl (C=O) groups is 2. The van der Waals surface area contributed by atoms with E-state index in [2.05, 4.69) is 10.4 Å². The van der Waals surface area contributed by atoms with Gasteiger partial charge in [0.05, 0.1) is 17.3 Å². The van der Waals surface area contributed by atoms with E-state index in [-0.39, 0.29) is 36.2 Å². The number of amides is 1. The third-order valence-corrected chi connectivity index (χ3v) is 4.49. The van der Waals surface area contributed by atoms with Gasteiger partial charge in [0.25, 0.3) is 0 Å². The van der Waals surface area contributed by atoms with Gasteiger partial charge in [-0.1, -0.05) is 35.9 Å². The number of hydrogen-bond donors (Lipinski definition) is 1. The molecule has 1 aliphatic heterocycles. The number of benzene rings is 2. The van der Waals surface area contributed by atoms with Crippen LogP contribution in [0.15, 0.2) is 53.6 Å². The summed E-state index contributed by atoms with van der Waals surface area (Å²) in [5.74, 6) is -1.37. The van der Waals surface area contributed by atoms with Crippen LogP contribution in [0.25, 0.3) is 0 Å². The lowest BCUT2D eigenvalue weighted by atomic mass is 10.1. The van der Waals surface area contributed by atoms with E-state index < -0.39 is 17.8 Å².